The van der Waals surface area contributed by atoms with Gasteiger partial charge in [0.2, 0.25) is 0 Å². The monoisotopic (exact) mass is 456 g/mol. The number of furan rings is 1. The fourth-order valence-corrected chi connectivity index (χ4v) is 4.24. The summed E-state index contributed by atoms with van der Waals surface area (Å²) in [6, 6.07) is 4.41. The lowest BCUT2D eigenvalue weighted by molar-refractivity contribution is -0.141. The number of aromatic nitrogens is 2. The molecule has 170 valence electrons. The van der Waals surface area contributed by atoms with Crippen molar-refractivity contribution in [3.8, 4) is 0 Å². The zero-order valence-electron chi connectivity index (χ0n) is 17.9. The number of hydrogen-bond donors (Lipinski definition) is 0. The Balaban J connectivity index is 1.77. The van der Waals surface area contributed by atoms with E-state index < -0.39 is 11.9 Å². The minimum atomic E-state index is -4.56. The maximum atomic E-state index is 13.4. The maximum absolute atomic E-state index is 13.4. The van der Waals surface area contributed by atoms with Crippen LogP contribution in [0.15, 0.2) is 27.8 Å². The molecule has 0 aliphatic heterocycles. The lowest BCUT2D eigenvalue weighted by atomic mass is 9.94. The van der Waals surface area contributed by atoms with Gasteiger partial charge in [-0.05, 0) is 31.9 Å². The van der Waals surface area contributed by atoms with Crippen molar-refractivity contribution in [1.82, 2.24) is 14.9 Å². The van der Waals surface area contributed by atoms with Gasteiger partial charge in [-0.1, -0.05) is 31.0 Å². The van der Waals surface area contributed by atoms with Crippen molar-refractivity contribution in [3.63, 3.8) is 0 Å². The summed E-state index contributed by atoms with van der Waals surface area (Å²) in [4.78, 5) is 23.6. The molecule has 1 aliphatic carbocycles. The second-order valence-corrected chi connectivity index (χ2v) is 8.61. The normalized spacial score (nSPS) is 15.2. The SMILES string of the molecule is CCN(C)C(=O)c1ccc(CSc2nc(N(C)C3CCCCC3)cc(C(F)(F)F)n2)o1. The van der Waals surface area contributed by atoms with E-state index in [2.05, 4.69) is 9.97 Å². The van der Waals surface area contributed by atoms with Gasteiger partial charge < -0.3 is 14.2 Å². The van der Waals surface area contributed by atoms with Gasteiger partial charge in [-0.3, -0.25) is 4.79 Å². The van der Waals surface area contributed by atoms with Gasteiger partial charge in [0.05, 0.1) is 5.75 Å². The van der Waals surface area contributed by atoms with Gasteiger partial charge >= 0.3 is 6.18 Å². The van der Waals surface area contributed by atoms with Crippen LogP contribution < -0.4 is 4.90 Å². The van der Waals surface area contributed by atoms with Gasteiger partial charge in [0.15, 0.2) is 16.6 Å². The van der Waals surface area contributed by atoms with Crippen molar-refractivity contribution >= 4 is 23.5 Å². The van der Waals surface area contributed by atoms with E-state index in [4.69, 9.17) is 4.42 Å². The van der Waals surface area contributed by atoms with Crippen molar-refractivity contribution in [2.24, 2.45) is 0 Å². The first-order valence-corrected chi connectivity index (χ1v) is 11.3. The predicted octanol–water partition coefficient (Wildman–Crippen LogP) is 5.24. The molecule has 6 nitrogen and oxygen atoms in total. The Kier molecular flexibility index (Phi) is 7.51. The Morgan fingerprint density at radius 3 is 2.55 bits per heavy atom. The third-order valence-corrected chi connectivity index (χ3v) is 6.37. The molecule has 1 aliphatic rings. The first-order chi connectivity index (χ1) is 14.7. The molecular weight excluding hydrogens is 429 g/mol. The second kappa shape index (κ2) is 9.93. The third kappa shape index (κ3) is 5.93. The predicted molar refractivity (Wildman–Crippen MR) is 113 cm³/mol. The summed E-state index contributed by atoms with van der Waals surface area (Å²) in [6.07, 6.45) is 0.626. The summed E-state index contributed by atoms with van der Waals surface area (Å²) in [7, 11) is 3.46. The number of carbonyl (C=O) groups excluding carboxylic acids is 1. The van der Waals surface area contributed by atoms with Crippen LogP contribution in [-0.2, 0) is 11.9 Å². The Labute approximate surface area is 184 Å². The fraction of sp³-hybridized carbons (Fsp3) is 0.571. The molecule has 2 heterocycles. The molecule has 3 rings (SSSR count). The van der Waals surface area contributed by atoms with E-state index in [0.29, 0.717) is 12.3 Å². The fourth-order valence-electron chi connectivity index (χ4n) is 3.50. The highest BCUT2D eigenvalue weighted by Crippen LogP contribution is 2.34. The Morgan fingerprint density at radius 2 is 1.90 bits per heavy atom. The molecule has 1 saturated carbocycles. The van der Waals surface area contributed by atoms with Crippen LogP contribution in [0.5, 0.6) is 0 Å². The molecule has 0 spiro atoms. The molecular formula is C21H27F3N4O2S. The van der Waals surface area contributed by atoms with E-state index in [1.54, 1.807) is 26.2 Å². The van der Waals surface area contributed by atoms with Crippen LogP contribution >= 0.6 is 11.8 Å². The molecule has 1 fully saturated rings. The molecule has 1 amide bonds. The summed E-state index contributed by atoms with van der Waals surface area (Å²) < 4.78 is 45.9. The molecule has 0 N–H and O–H groups in total. The first kappa shape index (κ1) is 23.4. The minimum Gasteiger partial charge on any atom is -0.455 e. The summed E-state index contributed by atoms with van der Waals surface area (Å²) in [6.45, 7) is 2.39. The summed E-state index contributed by atoms with van der Waals surface area (Å²) in [5, 5.41) is 0.0300. The number of nitrogens with zero attached hydrogens (tertiary/aromatic N) is 4. The van der Waals surface area contributed by atoms with Gasteiger partial charge in [0.1, 0.15) is 11.6 Å². The quantitative estimate of drug-likeness (QED) is 0.419. The molecule has 0 bridgehead atoms. The van der Waals surface area contributed by atoms with E-state index in [9.17, 15) is 18.0 Å². The average molecular weight is 457 g/mol. The molecule has 0 radical (unpaired) electrons. The van der Waals surface area contributed by atoms with E-state index in [1.807, 2.05) is 11.8 Å². The van der Waals surface area contributed by atoms with Crippen LogP contribution in [-0.4, -0.2) is 47.5 Å². The standard InChI is InChI=1S/C21H27F3N4O2S/c1-4-27(2)19(29)16-11-10-15(30-16)13-31-20-25-17(21(22,23)24)12-18(26-20)28(3)14-8-6-5-7-9-14/h10-12,14H,4-9,13H2,1-3H3. The summed E-state index contributed by atoms with van der Waals surface area (Å²) >= 11 is 1.05. The number of carbonyl (C=O) groups is 1. The van der Waals surface area contributed by atoms with Crippen LogP contribution in [0.3, 0.4) is 0 Å². The maximum Gasteiger partial charge on any atom is 0.433 e. The highest BCUT2D eigenvalue weighted by Gasteiger charge is 2.34. The average Bonchev–Trinajstić information content (AvgIpc) is 3.25. The lowest BCUT2D eigenvalue weighted by Crippen LogP contribution is -2.34. The van der Waals surface area contributed by atoms with Gasteiger partial charge in [-0.2, -0.15) is 13.2 Å². The van der Waals surface area contributed by atoms with Crippen LogP contribution in [0, 0.1) is 0 Å². The Hall–Kier alpha value is -2.23. The molecule has 0 saturated heterocycles. The smallest absolute Gasteiger partial charge is 0.433 e. The van der Waals surface area contributed by atoms with Crippen molar-refractivity contribution < 1.29 is 22.4 Å². The Bertz CT molecular complexity index is 897. The number of anilines is 1. The lowest BCUT2D eigenvalue weighted by Gasteiger charge is -2.32. The number of rotatable bonds is 7. The van der Waals surface area contributed by atoms with E-state index in [-0.39, 0.29) is 34.4 Å². The van der Waals surface area contributed by atoms with Crippen LogP contribution in [0.4, 0.5) is 19.0 Å². The van der Waals surface area contributed by atoms with Crippen LogP contribution in [0.1, 0.15) is 61.0 Å². The van der Waals surface area contributed by atoms with E-state index in [0.717, 1.165) is 49.9 Å². The number of amides is 1. The minimum absolute atomic E-state index is 0.0300. The number of halogens is 3. The van der Waals surface area contributed by atoms with Crippen molar-refractivity contribution in [2.75, 3.05) is 25.5 Å². The zero-order chi connectivity index (χ0) is 22.6. The van der Waals surface area contributed by atoms with Gasteiger partial charge in [0.25, 0.3) is 5.91 Å². The Morgan fingerprint density at radius 1 is 1.19 bits per heavy atom. The summed E-state index contributed by atoms with van der Waals surface area (Å²) in [5.74, 6) is 0.919. The molecule has 0 aromatic carbocycles. The van der Waals surface area contributed by atoms with Crippen molar-refractivity contribution in [2.45, 2.75) is 62.2 Å². The number of alkyl halides is 3. The van der Waals surface area contributed by atoms with Crippen LogP contribution in [0.25, 0.3) is 0 Å². The van der Waals surface area contributed by atoms with E-state index >= 15 is 0 Å². The highest BCUT2D eigenvalue weighted by atomic mass is 32.2. The highest BCUT2D eigenvalue weighted by molar-refractivity contribution is 7.98. The van der Waals surface area contributed by atoms with Gasteiger partial charge in [-0.25, -0.2) is 9.97 Å². The van der Waals surface area contributed by atoms with Crippen molar-refractivity contribution in [1.29, 1.82) is 0 Å². The second-order valence-electron chi connectivity index (χ2n) is 7.67. The van der Waals surface area contributed by atoms with Crippen LogP contribution in [0.2, 0.25) is 0 Å². The first-order valence-electron chi connectivity index (χ1n) is 10.3. The summed E-state index contributed by atoms with van der Waals surface area (Å²) in [5.41, 5.74) is -0.956. The largest absolute Gasteiger partial charge is 0.455 e. The molecule has 31 heavy (non-hydrogen) atoms. The van der Waals surface area contributed by atoms with Crippen molar-refractivity contribution in [3.05, 3.63) is 35.4 Å². The number of hydrogen-bond acceptors (Lipinski definition) is 6. The van der Waals surface area contributed by atoms with Gasteiger partial charge in [0, 0.05) is 32.7 Å². The molecule has 10 heteroatoms. The van der Waals surface area contributed by atoms with E-state index in [1.165, 1.54) is 4.90 Å². The van der Waals surface area contributed by atoms with Gasteiger partial charge in [-0.15, -0.1) is 0 Å². The molecule has 0 atom stereocenters. The molecule has 2 aromatic rings. The molecule has 2 aromatic heterocycles. The topological polar surface area (TPSA) is 62.5 Å². The number of thioether (sulfide) groups is 1. The molecule has 0 unspecified atom stereocenters. The third-order valence-electron chi connectivity index (χ3n) is 5.50. The zero-order valence-corrected chi connectivity index (χ0v) is 18.7.